The average Bonchev–Trinajstić information content (AvgIpc) is 2.90. The van der Waals surface area contributed by atoms with Crippen LogP contribution in [0.3, 0.4) is 0 Å². The summed E-state index contributed by atoms with van der Waals surface area (Å²) in [5.41, 5.74) is 0. The summed E-state index contributed by atoms with van der Waals surface area (Å²) in [6.07, 6.45) is 4.17. The molecule has 1 N–H and O–H groups in total. The number of carboxylic acid groups (broad SMARTS) is 1. The van der Waals surface area contributed by atoms with Crippen LogP contribution in [0, 0.1) is 5.92 Å². The first kappa shape index (κ1) is 16.8. The van der Waals surface area contributed by atoms with E-state index in [0.717, 1.165) is 25.7 Å². The smallest absolute Gasteiger partial charge is 0.326 e. The van der Waals surface area contributed by atoms with E-state index in [9.17, 15) is 19.5 Å². The molecule has 2 saturated heterocycles. The van der Waals surface area contributed by atoms with E-state index in [0.29, 0.717) is 19.5 Å². The van der Waals surface area contributed by atoms with Crippen LogP contribution >= 0.6 is 0 Å². The van der Waals surface area contributed by atoms with Gasteiger partial charge in [-0.2, -0.15) is 0 Å². The number of aliphatic carboxylic acids is 1. The first-order chi connectivity index (χ1) is 10.5. The number of nitrogens with zero attached hydrogens (tertiary/aromatic N) is 2. The number of carbonyl (C=O) groups excluding carboxylic acids is 2. The molecular weight excluding hydrogens is 284 g/mol. The van der Waals surface area contributed by atoms with Gasteiger partial charge in [-0.05, 0) is 32.1 Å². The van der Waals surface area contributed by atoms with Gasteiger partial charge in [-0.15, -0.1) is 0 Å². The molecule has 2 amide bonds. The minimum atomic E-state index is -0.936. The van der Waals surface area contributed by atoms with E-state index in [1.165, 1.54) is 4.90 Å². The SMILES string of the molecule is CCC(CC)N1CC(C(=O)N2CCCCC2C(=O)O)CC1=O. The minimum absolute atomic E-state index is 0.0240. The number of hydrogen-bond donors (Lipinski definition) is 1. The summed E-state index contributed by atoms with van der Waals surface area (Å²) in [4.78, 5) is 39.5. The van der Waals surface area contributed by atoms with Gasteiger partial charge in [0.2, 0.25) is 11.8 Å². The molecule has 6 nitrogen and oxygen atoms in total. The van der Waals surface area contributed by atoms with Crippen molar-refractivity contribution < 1.29 is 19.5 Å². The lowest BCUT2D eigenvalue weighted by Gasteiger charge is -2.34. The van der Waals surface area contributed by atoms with Crippen LogP contribution in [0.1, 0.15) is 52.4 Å². The summed E-state index contributed by atoms with van der Waals surface area (Å²) in [5.74, 6) is -1.45. The maximum absolute atomic E-state index is 12.7. The van der Waals surface area contributed by atoms with Crippen LogP contribution in [-0.4, -0.2) is 57.9 Å². The van der Waals surface area contributed by atoms with E-state index in [2.05, 4.69) is 0 Å². The molecule has 2 heterocycles. The second kappa shape index (κ2) is 7.11. The zero-order valence-corrected chi connectivity index (χ0v) is 13.5. The third kappa shape index (κ3) is 3.25. The first-order valence-corrected chi connectivity index (χ1v) is 8.32. The molecule has 0 aliphatic carbocycles. The Bertz CT molecular complexity index is 447. The van der Waals surface area contributed by atoms with Crippen LogP contribution in [0.5, 0.6) is 0 Å². The predicted octanol–water partition coefficient (Wildman–Crippen LogP) is 1.49. The Balaban J connectivity index is 2.06. The highest BCUT2D eigenvalue weighted by Gasteiger charge is 2.41. The standard InChI is InChI=1S/C16H26N2O4/c1-3-12(4-2)18-10-11(9-14(18)19)15(20)17-8-6-5-7-13(17)16(21)22/h11-13H,3-10H2,1-2H3,(H,21,22). The van der Waals surface area contributed by atoms with Crippen LogP contribution in [-0.2, 0) is 14.4 Å². The molecule has 2 aliphatic rings. The van der Waals surface area contributed by atoms with E-state index in [1.807, 2.05) is 18.7 Å². The van der Waals surface area contributed by atoms with Gasteiger partial charge in [0.1, 0.15) is 6.04 Å². The molecule has 2 aliphatic heterocycles. The van der Waals surface area contributed by atoms with Gasteiger partial charge in [0.25, 0.3) is 0 Å². The highest BCUT2D eigenvalue weighted by molar-refractivity contribution is 5.91. The number of piperidine rings is 1. The largest absolute Gasteiger partial charge is 0.480 e. The fourth-order valence-corrected chi connectivity index (χ4v) is 3.67. The van der Waals surface area contributed by atoms with Crippen molar-refractivity contribution >= 4 is 17.8 Å². The third-order valence-electron chi connectivity index (χ3n) is 4.96. The Morgan fingerprint density at radius 1 is 1.27 bits per heavy atom. The molecule has 0 radical (unpaired) electrons. The number of hydrogen-bond acceptors (Lipinski definition) is 3. The van der Waals surface area contributed by atoms with Crippen LogP contribution < -0.4 is 0 Å². The van der Waals surface area contributed by atoms with Crippen LogP contribution in [0.15, 0.2) is 0 Å². The highest BCUT2D eigenvalue weighted by Crippen LogP contribution is 2.27. The molecule has 2 fully saturated rings. The lowest BCUT2D eigenvalue weighted by molar-refractivity contribution is -0.153. The summed E-state index contributed by atoms with van der Waals surface area (Å²) < 4.78 is 0. The number of carboxylic acids is 1. The van der Waals surface area contributed by atoms with Gasteiger partial charge in [-0.3, -0.25) is 9.59 Å². The van der Waals surface area contributed by atoms with Gasteiger partial charge in [0.05, 0.1) is 5.92 Å². The second-order valence-electron chi connectivity index (χ2n) is 6.30. The zero-order valence-electron chi connectivity index (χ0n) is 13.5. The molecule has 2 unspecified atom stereocenters. The molecule has 0 bridgehead atoms. The van der Waals surface area contributed by atoms with E-state index in [-0.39, 0.29) is 30.2 Å². The third-order valence-corrected chi connectivity index (χ3v) is 4.96. The number of rotatable bonds is 5. The lowest BCUT2D eigenvalue weighted by Crippen LogP contribution is -2.50. The fourth-order valence-electron chi connectivity index (χ4n) is 3.67. The highest BCUT2D eigenvalue weighted by atomic mass is 16.4. The maximum atomic E-state index is 12.7. The normalized spacial score (nSPS) is 25.9. The Kier molecular flexibility index (Phi) is 5.42. The van der Waals surface area contributed by atoms with E-state index in [4.69, 9.17) is 0 Å². The quantitative estimate of drug-likeness (QED) is 0.834. The lowest BCUT2D eigenvalue weighted by atomic mass is 9.98. The van der Waals surface area contributed by atoms with Crippen molar-refractivity contribution in [3.63, 3.8) is 0 Å². The second-order valence-corrected chi connectivity index (χ2v) is 6.30. The van der Waals surface area contributed by atoms with E-state index in [1.54, 1.807) is 0 Å². The van der Waals surface area contributed by atoms with Crippen molar-refractivity contribution in [1.82, 2.24) is 9.80 Å². The minimum Gasteiger partial charge on any atom is -0.480 e. The van der Waals surface area contributed by atoms with Crippen LogP contribution in [0.25, 0.3) is 0 Å². The number of amides is 2. The van der Waals surface area contributed by atoms with Crippen molar-refractivity contribution in [1.29, 1.82) is 0 Å². The molecule has 0 aromatic carbocycles. The van der Waals surface area contributed by atoms with Crippen molar-refractivity contribution in [2.24, 2.45) is 5.92 Å². The van der Waals surface area contributed by atoms with E-state index < -0.39 is 12.0 Å². The van der Waals surface area contributed by atoms with Gasteiger partial charge in [-0.1, -0.05) is 13.8 Å². The van der Waals surface area contributed by atoms with Crippen LogP contribution in [0.4, 0.5) is 0 Å². The molecular formula is C16H26N2O4. The summed E-state index contributed by atoms with van der Waals surface area (Å²) in [6.45, 7) is 5.02. The van der Waals surface area contributed by atoms with Crippen molar-refractivity contribution in [2.75, 3.05) is 13.1 Å². The molecule has 6 heteroatoms. The molecule has 0 aromatic rings. The van der Waals surface area contributed by atoms with Crippen LogP contribution in [0.2, 0.25) is 0 Å². The number of carbonyl (C=O) groups is 3. The Hall–Kier alpha value is -1.59. The summed E-state index contributed by atoms with van der Waals surface area (Å²) in [6, 6.07) is -0.541. The predicted molar refractivity (Wildman–Crippen MR) is 81.2 cm³/mol. The summed E-state index contributed by atoms with van der Waals surface area (Å²) in [7, 11) is 0. The molecule has 124 valence electrons. The average molecular weight is 310 g/mol. The topological polar surface area (TPSA) is 77.9 Å². The Morgan fingerprint density at radius 3 is 2.55 bits per heavy atom. The van der Waals surface area contributed by atoms with Crippen molar-refractivity contribution in [3.05, 3.63) is 0 Å². The number of likely N-dealkylation sites (tertiary alicyclic amines) is 2. The summed E-state index contributed by atoms with van der Waals surface area (Å²) in [5, 5.41) is 9.30. The van der Waals surface area contributed by atoms with E-state index >= 15 is 0 Å². The molecule has 2 rings (SSSR count). The molecule has 22 heavy (non-hydrogen) atoms. The molecule has 0 saturated carbocycles. The Morgan fingerprint density at radius 2 is 1.95 bits per heavy atom. The zero-order chi connectivity index (χ0) is 16.3. The molecule has 0 spiro atoms. The van der Waals surface area contributed by atoms with Crippen molar-refractivity contribution in [3.8, 4) is 0 Å². The van der Waals surface area contributed by atoms with Crippen molar-refractivity contribution in [2.45, 2.75) is 64.5 Å². The summed E-state index contributed by atoms with van der Waals surface area (Å²) >= 11 is 0. The molecule has 2 atom stereocenters. The van der Waals surface area contributed by atoms with Gasteiger partial charge >= 0.3 is 5.97 Å². The fraction of sp³-hybridized carbons (Fsp3) is 0.812. The van der Waals surface area contributed by atoms with Gasteiger partial charge in [-0.25, -0.2) is 4.79 Å². The maximum Gasteiger partial charge on any atom is 0.326 e. The molecule has 0 aromatic heterocycles. The monoisotopic (exact) mass is 310 g/mol. The van der Waals surface area contributed by atoms with Gasteiger partial charge in [0.15, 0.2) is 0 Å². The first-order valence-electron chi connectivity index (χ1n) is 8.32. The Labute approximate surface area is 131 Å². The van der Waals surface area contributed by atoms with Gasteiger partial charge < -0.3 is 14.9 Å². The van der Waals surface area contributed by atoms with Gasteiger partial charge in [0, 0.05) is 25.6 Å².